The number of likely N-dealkylation sites (N-methyl/N-ethyl adjacent to an activating group) is 1. The molecule has 0 bridgehead atoms. The first kappa shape index (κ1) is 19.0. The molecular weight excluding hydrogens is 347 g/mol. The summed E-state index contributed by atoms with van der Waals surface area (Å²) in [5, 5.41) is 3.15. The Morgan fingerprint density at radius 2 is 1.92 bits per heavy atom. The van der Waals surface area contributed by atoms with Gasteiger partial charge in [0.1, 0.15) is 12.4 Å². The summed E-state index contributed by atoms with van der Waals surface area (Å²) in [6.45, 7) is 0.476. The van der Waals surface area contributed by atoms with Crippen molar-refractivity contribution in [2.75, 3.05) is 33.1 Å². The van der Waals surface area contributed by atoms with Crippen molar-refractivity contribution in [3.63, 3.8) is 0 Å². The maximum absolute atomic E-state index is 13.8. The van der Waals surface area contributed by atoms with Crippen LogP contribution < -0.4 is 19.7 Å². The van der Waals surface area contributed by atoms with Gasteiger partial charge in [-0.25, -0.2) is 4.39 Å². The van der Waals surface area contributed by atoms with Gasteiger partial charge >= 0.3 is 0 Å². The Kier molecular flexibility index (Phi) is 6.61. The van der Waals surface area contributed by atoms with Gasteiger partial charge in [-0.2, -0.15) is 0 Å². The molecule has 0 aliphatic rings. The van der Waals surface area contributed by atoms with Crippen molar-refractivity contribution < 1.29 is 23.6 Å². The molecule has 1 atom stereocenters. The van der Waals surface area contributed by atoms with Gasteiger partial charge in [0.25, 0.3) is 5.91 Å². The van der Waals surface area contributed by atoms with Gasteiger partial charge in [-0.3, -0.25) is 4.79 Å². The van der Waals surface area contributed by atoms with Crippen molar-refractivity contribution in [2.45, 2.75) is 6.54 Å². The molecule has 2 aromatic rings. The van der Waals surface area contributed by atoms with E-state index < -0.39 is 0 Å². The van der Waals surface area contributed by atoms with Gasteiger partial charge in [-0.05, 0) is 24.3 Å². The van der Waals surface area contributed by atoms with Crippen LogP contribution in [0.15, 0.2) is 36.4 Å². The molecule has 2 rings (SSSR count). The third-order valence-electron chi connectivity index (χ3n) is 3.67. The summed E-state index contributed by atoms with van der Waals surface area (Å²) in [4.78, 5) is 13.0. The molecule has 25 heavy (non-hydrogen) atoms. The third kappa shape index (κ3) is 5.08. The maximum Gasteiger partial charge on any atom is 0.279 e. The van der Waals surface area contributed by atoms with Crippen molar-refractivity contribution in [1.82, 2.24) is 0 Å². The fourth-order valence-electron chi connectivity index (χ4n) is 2.46. The Balaban J connectivity index is 1.98. The number of benzene rings is 2. The van der Waals surface area contributed by atoms with Crippen LogP contribution in [0.1, 0.15) is 5.56 Å². The number of methoxy groups -OCH3 is 2. The number of nitrogens with one attached hydrogen (secondary N) is 2. The highest BCUT2D eigenvalue weighted by Crippen LogP contribution is 2.29. The Hall–Kier alpha value is -2.31. The summed E-state index contributed by atoms with van der Waals surface area (Å²) >= 11 is 6.02. The molecule has 0 saturated carbocycles. The molecule has 0 fully saturated rings. The van der Waals surface area contributed by atoms with Crippen molar-refractivity contribution in [3.8, 4) is 11.5 Å². The quantitative estimate of drug-likeness (QED) is 0.788. The van der Waals surface area contributed by atoms with E-state index in [4.69, 9.17) is 21.1 Å². The van der Waals surface area contributed by atoms with Gasteiger partial charge < -0.3 is 19.7 Å². The summed E-state index contributed by atoms with van der Waals surface area (Å²) < 4.78 is 24.2. The minimum Gasteiger partial charge on any atom is -0.493 e. The lowest BCUT2D eigenvalue weighted by molar-refractivity contribution is -0.885. The SMILES string of the molecule is COc1ccc(NC(=O)C[NH+](C)Cc2c(F)cccc2Cl)cc1OC. The number of hydrogen-bond donors (Lipinski definition) is 2. The highest BCUT2D eigenvalue weighted by atomic mass is 35.5. The Morgan fingerprint density at radius 3 is 2.56 bits per heavy atom. The molecule has 0 aliphatic heterocycles. The molecule has 1 amide bonds. The molecule has 0 aromatic heterocycles. The van der Waals surface area contributed by atoms with Crippen LogP contribution in [0.2, 0.25) is 5.02 Å². The van der Waals surface area contributed by atoms with Crippen LogP contribution in [0.3, 0.4) is 0 Å². The van der Waals surface area contributed by atoms with Crippen LogP contribution in [0.5, 0.6) is 11.5 Å². The number of ether oxygens (including phenoxy) is 2. The van der Waals surface area contributed by atoms with E-state index in [9.17, 15) is 9.18 Å². The predicted octanol–water partition coefficient (Wildman–Crippen LogP) is 2.15. The minimum atomic E-state index is -0.368. The predicted molar refractivity (Wildman–Crippen MR) is 95.0 cm³/mol. The molecule has 2 aromatic carbocycles. The monoisotopic (exact) mass is 367 g/mol. The molecule has 134 valence electrons. The normalized spacial score (nSPS) is 11.7. The maximum atomic E-state index is 13.8. The van der Waals surface area contributed by atoms with Crippen molar-refractivity contribution in [3.05, 3.63) is 52.8 Å². The fourth-order valence-corrected chi connectivity index (χ4v) is 2.69. The van der Waals surface area contributed by atoms with Gasteiger partial charge in [0.2, 0.25) is 0 Å². The molecule has 7 heteroatoms. The number of anilines is 1. The van der Waals surface area contributed by atoms with E-state index in [-0.39, 0.29) is 18.3 Å². The smallest absolute Gasteiger partial charge is 0.279 e. The topological polar surface area (TPSA) is 52.0 Å². The van der Waals surface area contributed by atoms with E-state index in [1.807, 2.05) is 0 Å². The largest absolute Gasteiger partial charge is 0.493 e. The van der Waals surface area contributed by atoms with Crippen LogP contribution in [0.25, 0.3) is 0 Å². The average Bonchev–Trinajstić information content (AvgIpc) is 2.58. The van der Waals surface area contributed by atoms with Crippen LogP contribution >= 0.6 is 11.6 Å². The first-order valence-corrected chi connectivity index (χ1v) is 8.08. The summed E-state index contributed by atoms with van der Waals surface area (Å²) in [6, 6.07) is 9.67. The zero-order valence-electron chi connectivity index (χ0n) is 14.4. The molecular formula is C18H21ClFN2O3+. The van der Waals surface area contributed by atoms with E-state index in [2.05, 4.69) is 5.32 Å². The lowest BCUT2D eigenvalue weighted by atomic mass is 10.2. The van der Waals surface area contributed by atoms with Gasteiger partial charge in [-0.1, -0.05) is 17.7 Å². The Labute approximate surface area is 151 Å². The molecule has 0 spiro atoms. The number of quaternary nitrogens is 1. The van der Waals surface area contributed by atoms with Crippen molar-refractivity contribution in [1.29, 1.82) is 0 Å². The van der Waals surface area contributed by atoms with E-state index in [1.165, 1.54) is 13.2 Å². The molecule has 0 saturated heterocycles. The summed E-state index contributed by atoms with van der Waals surface area (Å²) in [7, 11) is 4.87. The molecule has 2 N–H and O–H groups in total. The van der Waals surface area contributed by atoms with Crippen molar-refractivity contribution in [2.24, 2.45) is 0 Å². The number of hydrogen-bond acceptors (Lipinski definition) is 3. The Bertz CT molecular complexity index is 735. The van der Waals surface area contributed by atoms with Crippen LogP contribution in [0, 0.1) is 5.82 Å². The lowest BCUT2D eigenvalue weighted by Crippen LogP contribution is -3.08. The fraction of sp³-hybridized carbons (Fsp3) is 0.278. The summed E-state index contributed by atoms with van der Waals surface area (Å²) in [5.41, 5.74) is 1.000. The van der Waals surface area contributed by atoms with Crippen molar-refractivity contribution >= 4 is 23.2 Å². The average molecular weight is 368 g/mol. The van der Waals surface area contributed by atoms with Gasteiger partial charge in [0.15, 0.2) is 18.0 Å². The first-order chi connectivity index (χ1) is 11.9. The van der Waals surface area contributed by atoms with E-state index in [0.29, 0.717) is 34.3 Å². The number of amides is 1. The zero-order valence-corrected chi connectivity index (χ0v) is 15.1. The van der Waals surface area contributed by atoms with Gasteiger partial charge in [0, 0.05) is 11.8 Å². The number of halogens is 2. The zero-order chi connectivity index (χ0) is 18.4. The van der Waals surface area contributed by atoms with Gasteiger partial charge in [0.05, 0.1) is 31.9 Å². The van der Waals surface area contributed by atoms with E-state index >= 15 is 0 Å². The second-order valence-corrected chi connectivity index (χ2v) is 6.04. The summed E-state index contributed by atoms with van der Waals surface area (Å²) in [6.07, 6.45) is 0. The molecule has 0 heterocycles. The van der Waals surface area contributed by atoms with Gasteiger partial charge in [-0.15, -0.1) is 0 Å². The summed E-state index contributed by atoms with van der Waals surface area (Å²) in [5.74, 6) is 0.543. The third-order valence-corrected chi connectivity index (χ3v) is 4.02. The minimum absolute atomic E-state index is 0.166. The Morgan fingerprint density at radius 1 is 1.20 bits per heavy atom. The number of carbonyl (C=O) groups excluding carboxylic acids is 1. The van der Waals surface area contributed by atoms with Crippen LogP contribution in [-0.2, 0) is 11.3 Å². The highest BCUT2D eigenvalue weighted by molar-refractivity contribution is 6.31. The highest BCUT2D eigenvalue weighted by Gasteiger charge is 2.16. The molecule has 0 radical (unpaired) electrons. The van der Waals surface area contributed by atoms with E-state index in [0.717, 1.165) is 4.90 Å². The molecule has 1 unspecified atom stereocenters. The number of rotatable bonds is 7. The lowest BCUT2D eigenvalue weighted by Gasteiger charge is -2.15. The standard InChI is InChI=1S/C18H20ClFN2O3/c1-22(10-13-14(19)5-4-6-15(13)20)11-18(23)21-12-7-8-16(24-2)17(9-12)25-3/h4-9H,10-11H2,1-3H3,(H,21,23)/p+1. The second kappa shape index (κ2) is 8.69. The first-order valence-electron chi connectivity index (χ1n) is 7.70. The second-order valence-electron chi connectivity index (χ2n) is 5.63. The van der Waals surface area contributed by atoms with E-state index in [1.54, 1.807) is 44.5 Å². The van der Waals surface area contributed by atoms with Crippen LogP contribution in [-0.4, -0.2) is 33.7 Å². The number of carbonyl (C=O) groups is 1. The van der Waals surface area contributed by atoms with Crippen LogP contribution in [0.4, 0.5) is 10.1 Å². The molecule has 0 aliphatic carbocycles. The molecule has 5 nitrogen and oxygen atoms in total.